The van der Waals surface area contributed by atoms with Gasteiger partial charge in [0.2, 0.25) is 0 Å². The van der Waals surface area contributed by atoms with Gasteiger partial charge in [0.1, 0.15) is 0 Å². The van der Waals surface area contributed by atoms with Crippen LogP contribution in [-0.4, -0.2) is 27.7 Å². The molecule has 3 nitrogen and oxygen atoms in total. The van der Waals surface area contributed by atoms with Gasteiger partial charge in [0, 0.05) is 0 Å². The van der Waals surface area contributed by atoms with Crippen molar-refractivity contribution in [2.75, 3.05) is 18.1 Å². The Labute approximate surface area is 123 Å². The molecule has 17 heavy (non-hydrogen) atoms. The Morgan fingerprint density at radius 1 is 1.53 bits per heavy atom. The Kier molecular flexibility index (Phi) is 9.63. The van der Waals surface area contributed by atoms with Gasteiger partial charge in [0.05, 0.1) is 0 Å². The number of alkyl halides is 2. The minimum absolute atomic E-state index is 0.0675. The average Bonchev–Trinajstić information content (AvgIpc) is 2.33. The number of nitrogens with one attached hydrogen (secondary N) is 1. The monoisotopic (exact) mass is 469 g/mol. The third-order valence-corrected chi connectivity index (χ3v) is 14.9. The Bertz CT molecular complexity index is 235. The van der Waals surface area contributed by atoms with Gasteiger partial charge >= 0.3 is 124 Å². The summed E-state index contributed by atoms with van der Waals surface area (Å²) in [4.78, 5) is 0. The van der Waals surface area contributed by atoms with E-state index in [9.17, 15) is 0 Å². The molecule has 0 aliphatic heterocycles. The molecule has 0 aromatic carbocycles. The van der Waals surface area contributed by atoms with Crippen molar-refractivity contribution >= 4 is 34.5 Å². The zero-order valence-corrected chi connectivity index (χ0v) is 15.9. The summed E-state index contributed by atoms with van der Waals surface area (Å²) >= 11 is 1.73. The van der Waals surface area contributed by atoms with Gasteiger partial charge in [-0.25, -0.2) is 0 Å². The van der Waals surface area contributed by atoms with Crippen molar-refractivity contribution in [3.8, 4) is 0 Å². The molecule has 0 aliphatic rings. The van der Waals surface area contributed by atoms with Crippen molar-refractivity contribution in [1.82, 2.24) is 5.32 Å². The van der Waals surface area contributed by atoms with Crippen LogP contribution in [0.4, 0.5) is 0 Å². The summed E-state index contributed by atoms with van der Waals surface area (Å²) < 4.78 is 7.56. The van der Waals surface area contributed by atoms with E-state index in [0.717, 1.165) is 6.54 Å². The van der Waals surface area contributed by atoms with E-state index in [0.29, 0.717) is 9.97 Å². The van der Waals surface area contributed by atoms with Gasteiger partial charge < -0.3 is 0 Å². The first-order valence-electron chi connectivity index (χ1n) is 5.94. The quantitative estimate of drug-likeness (QED) is 0.327. The topological polar surface area (TPSA) is 48.9 Å². The second-order valence-corrected chi connectivity index (χ2v) is 16.3. The molecule has 0 spiro atoms. The van der Waals surface area contributed by atoms with Crippen LogP contribution in [-0.2, 0) is 4.74 Å². The Balaban J connectivity index is 4.66. The molecular weight excluding hydrogens is 442 g/mol. The molecule has 4 N–H and O–H groups in total. The van der Waals surface area contributed by atoms with Crippen LogP contribution in [0.1, 0.15) is 27.7 Å². The maximum atomic E-state index is 5.63. The number of rotatable bonds is 8. The molecule has 2 unspecified atom stereocenters. The summed E-state index contributed by atoms with van der Waals surface area (Å²) in [5.74, 6) is 0.521. The molecule has 2 atom stereocenters. The predicted molar refractivity (Wildman–Crippen MR) is 92.7 cm³/mol. The first-order chi connectivity index (χ1) is 7.90. The van der Waals surface area contributed by atoms with Crippen LogP contribution in [0.2, 0.25) is 0 Å². The second-order valence-electron chi connectivity index (χ2n) is 4.48. The fraction of sp³-hybridized carbons (Fsp3) is 0.833. The molecule has 0 fully saturated rings. The normalized spacial score (nSPS) is 17.2. The molecule has 0 rings (SSSR count). The number of quaternary nitrogens is 1. The van der Waals surface area contributed by atoms with Crippen LogP contribution in [0, 0.1) is 5.92 Å². The molecule has 0 bridgehead atoms. The van der Waals surface area contributed by atoms with Crippen LogP contribution in [0.3, 0.4) is 0 Å². The number of hydrogen-bond donors (Lipinski definition) is 2. The Morgan fingerprint density at radius 3 is 2.53 bits per heavy atom. The van der Waals surface area contributed by atoms with Gasteiger partial charge in [-0.05, 0) is 0 Å². The van der Waals surface area contributed by atoms with Gasteiger partial charge in [-0.15, -0.1) is 0 Å². The first kappa shape index (κ1) is 18.1. The number of hydrogen-bond acceptors (Lipinski definition) is 2. The molecule has 0 aromatic rings. The summed E-state index contributed by atoms with van der Waals surface area (Å²) in [6.07, 6.45) is 3.93. The first-order valence-corrected chi connectivity index (χ1v) is 15.0. The molecule has 0 saturated heterocycles. The zero-order chi connectivity index (χ0) is 13.5. The second kappa shape index (κ2) is 9.06. The van der Waals surface area contributed by atoms with E-state index in [-0.39, 0.29) is 5.60 Å². The molecule has 5 heteroatoms. The van der Waals surface area contributed by atoms with Gasteiger partial charge in [-0.3, -0.25) is 0 Å². The fourth-order valence-corrected chi connectivity index (χ4v) is 9.00. The van der Waals surface area contributed by atoms with Crippen LogP contribution >= 0.6 is 34.5 Å². The van der Waals surface area contributed by atoms with Gasteiger partial charge in [0.15, 0.2) is 0 Å². The molecular formula is C12H27I2N2O+. The summed E-state index contributed by atoms with van der Waals surface area (Å²) in [6, 6.07) is 0. The fourth-order valence-electron chi connectivity index (χ4n) is 1.43. The summed E-state index contributed by atoms with van der Waals surface area (Å²) in [6.45, 7) is 9.87. The van der Waals surface area contributed by atoms with Gasteiger partial charge in [-0.1, -0.05) is 0 Å². The molecule has 104 valence electrons. The van der Waals surface area contributed by atoms with E-state index < -0.39 is 15.8 Å². The number of methoxy groups -OCH3 is 1. The third kappa shape index (κ3) is 6.17. The molecule has 0 saturated carbocycles. The molecule has 0 amide bonds. The van der Waals surface area contributed by atoms with Crippen molar-refractivity contribution < 1.29 is 10.5 Å². The third-order valence-electron chi connectivity index (χ3n) is 3.17. The standard InChI is InChI=1S/C12H26I2N2O/c1-6-14(13)11(16-9-7-8-15)10(2)12(3,4)17-5/h7-8,10-11,16H,6,9,15H2,1-5H3/p+1. The van der Waals surface area contributed by atoms with Crippen molar-refractivity contribution in [2.24, 2.45) is 5.92 Å². The van der Waals surface area contributed by atoms with Crippen molar-refractivity contribution in [2.45, 2.75) is 37.3 Å². The number of halogens is 2. The van der Waals surface area contributed by atoms with Crippen molar-refractivity contribution in [3.63, 3.8) is 0 Å². The average molecular weight is 469 g/mol. The van der Waals surface area contributed by atoms with Crippen LogP contribution < -0.4 is 11.1 Å². The van der Waals surface area contributed by atoms with Crippen molar-refractivity contribution in [1.29, 1.82) is 0 Å². The minimum atomic E-state index is -0.964. The van der Waals surface area contributed by atoms with E-state index in [1.54, 1.807) is 7.11 Å². The van der Waals surface area contributed by atoms with E-state index in [2.05, 4.69) is 63.4 Å². The molecule has 0 heterocycles. The van der Waals surface area contributed by atoms with E-state index >= 15 is 0 Å². The predicted octanol–water partition coefficient (Wildman–Crippen LogP) is 2.60. The zero-order valence-electron chi connectivity index (χ0n) is 11.6. The Morgan fingerprint density at radius 2 is 2.12 bits per heavy atom. The van der Waals surface area contributed by atoms with E-state index in [1.807, 2.05) is 6.20 Å². The van der Waals surface area contributed by atoms with Crippen molar-refractivity contribution in [3.05, 3.63) is 12.3 Å². The molecule has 0 aliphatic carbocycles. The number of ether oxygens (including phenoxy) is 1. The molecule has 0 radical (unpaired) electrons. The maximum absolute atomic E-state index is 5.63. The summed E-state index contributed by atoms with van der Waals surface area (Å²) in [5.41, 5.74) is 3.66. The van der Waals surface area contributed by atoms with Gasteiger partial charge in [-0.2, -0.15) is 0 Å². The van der Waals surface area contributed by atoms with Crippen LogP contribution in [0.15, 0.2) is 12.3 Å². The van der Waals surface area contributed by atoms with Gasteiger partial charge in [0.25, 0.3) is 0 Å². The van der Waals surface area contributed by atoms with E-state index in [4.69, 9.17) is 4.74 Å². The Hall–Kier alpha value is 1.08. The molecule has 0 aromatic heterocycles. The SMILES string of the molecule is CCI(I)C(NCC=C[NH3+])C(C)C(C)(C)OC. The van der Waals surface area contributed by atoms with Crippen LogP contribution in [0.25, 0.3) is 0 Å². The summed E-state index contributed by atoms with van der Waals surface area (Å²) in [5, 5.41) is 3.67. The summed E-state index contributed by atoms with van der Waals surface area (Å²) in [7, 11) is 1.81. The van der Waals surface area contributed by atoms with E-state index in [1.165, 1.54) is 4.43 Å². The van der Waals surface area contributed by atoms with Crippen LogP contribution in [0.5, 0.6) is 0 Å².